The predicted molar refractivity (Wildman–Crippen MR) is 68.9 cm³/mol. The lowest BCUT2D eigenvalue weighted by atomic mass is 9.85. The van der Waals surface area contributed by atoms with Gasteiger partial charge in [-0.2, -0.15) is 0 Å². The summed E-state index contributed by atoms with van der Waals surface area (Å²) in [5.74, 6) is -0.0673. The van der Waals surface area contributed by atoms with E-state index in [0.29, 0.717) is 29.4 Å². The number of carbonyl (C=O) groups excluding carboxylic acids is 1. The third kappa shape index (κ3) is 1.44. The summed E-state index contributed by atoms with van der Waals surface area (Å²) < 4.78 is 0. The van der Waals surface area contributed by atoms with Gasteiger partial charge < -0.3 is 10.2 Å². The quantitative estimate of drug-likeness (QED) is 0.746. The number of rotatable bonds is 0. The number of aliphatic hydroxyl groups excluding tert-OH is 1. The summed E-state index contributed by atoms with van der Waals surface area (Å²) in [6.07, 6.45) is 0.0651. The van der Waals surface area contributed by atoms with Crippen LogP contribution in [-0.4, -0.2) is 16.0 Å². The molecule has 3 rings (SSSR count). The smallest absolute Gasteiger partial charge is 0.167 e. The molecule has 0 aromatic heterocycles. The van der Waals surface area contributed by atoms with E-state index in [2.05, 4.69) is 0 Å². The number of phenols is 1. The van der Waals surface area contributed by atoms with E-state index >= 15 is 0 Å². The molecule has 0 spiro atoms. The van der Waals surface area contributed by atoms with Gasteiger partial charge >= 0.3 is 0 Å². The number of hydrogen-bond acceptors (Lipinski definition) is 3. The maximum atomic E-state index is 11.9. The van der Waals surface area contributed by atoms with E-state index in [4.69, 9.17) is 0 Å². The van der Waals surface area contributed by atoms with E-state index < -0.39 is 6.10 Å². The van der Waals surface area contributed by atoms with Crippen molar-refractivity contribution in [2.75, 3.05) is 0 Å². The lowest BCUT2D eigenvalue weighted by Crippen LogP contribution is -2.15. The van der Waals surface area contributed by atoms with Gasteiger partial charge in [-0.05, 0) is 35.9 Å². The third-order valence-electron chi connectivity index (χ3n) is 3.66. The van der Waals surface area contributed by atoms with Crippen LogP contribution in [0.4, 0.5) is 0 Å². The number of aliphatic hydroxyl groups is 1. The Hall–Kier alpha value is -1.87. The Morgan fingerprint density at radius 1 is 1.33 bits per heavy atom. The highest BCUT2D eigenvalue weighted by atomic mass is 16.3. The first-order chi connectivity index (χ1) is 8.59. The van der Waals surface area contributed by atoms with Crippen molar-refractivity contribution in [1.29, 1.82) is 0 Å². The zero-order chi connectivity index (χ0) is 12.9. The largest absolute Gasteiger partial charge is 0.507 e. The molecule has 0 aliphatic heterocycles. The highest BCUT2D eigenvalue weighted by Gasteiger charge is 2.28. The number of aryl methyl sites for hydroxylation is 1. The molecule has 2 aromatic carbocycles. The summed E-state index contributed by atoms with van der Waals surface area (Å²) in [5, 5.41) is 21.9. The van der Waals surface area contributed by atoms with Crippen LogP contribution in [0.5, 0.6) is 5.75 Å². The molecule has 1 aliphatic rings. The van der Waals surface area contributed by atoms with Crippen molar-refractivity contribution < 1.29 is 15.0 Å². The number of carbonyl (C=O) groups is 1. The molecule has 0 fully saturated rings. The minimum Gasteiger partial charge on any atom is -0.507 e. The maximum absolute atomic E-state index is 11.9. The lowest BCUT2D eigenvalue weighted by Gasteiger charge is -2.22. The van der Waals surface area contributed by atoms with E-state index in [0.717, 1.165) is 10.9 Å². The van der Waals surface area contributed by atoms with Gasteiger partial charge in [0, 0.05) is 11.8 Å². The van der Waals surface area contributed by atoms with Crippen molar-refractivity contribution in [2.24, 2.45) is 0 Å². The molecule has 0 radical (unpaired) electrons. The van der Waals surface area contributed by atoms with Gasteiger partial charge in [-0.15, -0.1) is 0 Å². The molecule has 1 unspecified atom stereocenters. The van der Waals surface area contributed by atoms with E-state index in [1.807, 2.05) is 31.2 Å². The number of benzene rings is 2. The molecule has 2 aromatic rings. The van der Waals surface area contributed by atoms with Crippen LogP contribution in [0.15, 0.2) is 24.3 Å². The monoisotopic (exact) mass is 242 g/mol. The van der Waals surface area contributed by atoms with E-state index in [9.17, 15) is 15.0 Å². The summed E-state index contributed by atoms with van der Waals surface area (Å²) in [5.41, 5.74) is 1.79. The first-order valence-electron chi connectivity index (χ1n) is 6.06. The highest BCUT2D eigenvalue weighted by Crippen LogP contribution is 2.40. The fourth-order valence-corrected chi connectivity index (χ4v) is 2.74. The Morgan fingerprint density at radius 3 is 2.89 bits per heavy atom. The molecule has 0 saturated heterocycles. The summed E-state index contributed by atoms with van der Waals surface area (Å²) in [4.78, 5) is 11.9. The highest BCUT2D eigenvalue weighted by molar-refractivity contribution is 6.07. The van der Waals surface area contributed by atoms with Crippen LogP contribution in [0.1, 0.15) is 40.4 Å². The van der Waals surface area contributed by atoms with Crippen molar-refractivity contribution in [3.63, 3.8) is 0 Å². The molecule has 1 aliphatic carbocycles. The van der Waals surface area contributed by atoms with Crippen LogP contribution in [-0.2, 0) is 0 Å². The molecule has 3 heteroatoms. The summed E-state index contributed by atoms with van der Waals surface area (Å²) in [6.45, 7) is 1.90. The van der Waals surface area contributed by atoms with Gasteiger partial charge in [-0.25, -0.2) is 0 Å². The number of aromatic hydroxyl groups is 1. The van der Waals surface area contributed by atoms with Crippen LogP contribution >= 0.6 is 0 Å². The zero-order valence-electron chi connectivity index (χ0n) is 10.1. The molecular formula is C15H14O3. The Labute approximate surface area is 105 Å². The van der Waals surface area contributed by atoms with Gasteiger partial charge in [0.2, 0.25) is 0 Å². The number of phenolic OH excluding ortho intramolecular Hbond substituents is 1. The first kappa shape index (κ1) is 11.2. The Balaban J connectivity index is 2.45. The van der Waals surface area contributed by atoms with Gasteiger partial charge in [0.25, 0.3) is 0 Å². The molecule has 18 heavy (non-hydrogen) atoms. The van der Waals surface area contributed by atoms with Gasteiger partial charge in [-0.1, -0.05) is 18.2 Å². The predicted octanol–water partition coefficient (Wildman–Crippen LogP) is 2.86. The fourth-order valence-electron chi connectivity index (χ4n) is 2.74. The second kappa shape index (κ2) is 3.82. The van der Waals surface area contributed by atoms with Crippen molar-refractivity contribution in [3.8, 4) is 5.75 Å². The number of ketones is 1. The van der Waals surface area contributed by atoms with Gasteiger partial charge in [0.1, 0.15) is 5.75 Å². The molecule has 2 N–H and O–H groups in total. The molecule has 1 atom stereocenters. The van der Waals surface area contributed by atoms with Crippen molar-refractivity contribution in [1.82, 2.24) is 0 Å². The van der Waals surface area contributed by atoms with Gasteiger partial charge in [0.05, 0.1) is 11.7 Å². The van der Waals surface area contributed by atoms with Crippen LogP contribution in [0, 0.1) is 6.92 Å². The Bertz CT molecular complexity index is 658. The third-order valence-corrected chi connectivity index (χ3v) is 3.66. The van der Waals surface area contributed by atoms with Crippen LogP contribution in [0.3, 0.4) is 0 Å². The van der Waals surface area contributed by atoms with Gasteiger partial charge in [0.15, 0.2) is 5.78 Å². The van der Waals surface area contributed by atoms with Crippen LogP contribution in [0.25, 0.3) is 10.8 Å². The standard InChI is InChI=1S/C15H14O3/c1-8-3-2-4-9-7-10-11(16)5-6-12(17)14(10)15(18)13(8)9/h2-4,7,11,16,18H,5-6H2,1H3. The molecule has 3 nitrogen and oxygen atoms in total. The average molecular weight is 242 g/mol. The SMILES string of the molecule is Cc1cccc2cc3c(c(O)c12)C(=O)CCC3O. The van der Waals surface area contributed by atoms with E-state index in [1.165, 1.54) is 0 Å². The maximum Gasteiger partial charge on any atom is 0.167 e. The molecule has 0 heterocycles. The van der Waals surface area contributed by atoms with Crippen molar-refractivity contribution in [2.45, 2.75) is 25.9 Å². The normalized spacial score (nSPS) is 19.0. The summed E-state index contributed by atoms with van der Waals surface area (Å²) in [6, 6.07) is 7.51. The molecule has 0 bridgehead atoms. The fraction of sp³-hybridized carbons (Fsp3) is 0.267. The van der Waals surface area contributed by atoms with Crippen LogP contribution < -0.4 is 0 Å². The molecular weight excluding hydrogens is 228 g/mol. The second-order valence-electron chi connectivity index (χ2n) is 4.84. The number of hydrogen-bond donors (Lipinski definition) is 2. The topological polar surface area (TPSA) is 57.5 Å². The second-order valence-corrected chi connectivity index (χ2v) is 4.84. The number of Topliss-reactive ketones (excluding diaryl/α,β-unsaturated/α-hetero) is 1. The van der Waals surface area contributed by atoms with Crippen molar-refractivity contribution in [3.05, 3.63) is 41.0 Å². The summed E-state index contributed by atoms with van der Waals surface area (Å²) in [7, 11) is 0. The minimum atomic E-state index is -0.659. The van der Waals surface area contributed by atoms with E-state index in [1.54, 1.807) is 0 Å². The molecule has 92 valence electrons. The van der Waals surface area contributed by atoms with Crippen molar-refractivity contribution >= 4 is 16.6 Å². The lowest BCUT2D eigenvalue weighted by molar-refractivity contribution is 0.0893. The number of fused-ring (bicyclic) bond motifs is 2. The summed E-state index contributed by atoms with van der Waals surface area (Å²) >= 11 is 0. The Kier molecular flexibility index (Phi) is 2.38. The zero-order valence-corrected chi connectivity index (χ0v) is 10.1. The molecule has 0 saturated carbocycles. The Morgan fingerprint density at radius 2 is 2.11 bits per heavy atom. The minimum absolute atomic E-state index is 0.0179. The van der Waals surface area contributed by atoms with Gasteiger partial charge in [-0.3, -0.25) is 4.79 Å². The molecule has 0 amide bonds. The van der Waals surface area contributed by atoms with E-state index in [-0.39, 0.29) is 11.5 Å². The average Bonchev–Trinajstić information content (AvgIpc) is 2.34. The first-order valence-corrected chi connectivity index (χ1v) is 6.06. The van der Waals surface area contributed by atoms with Crippen LogP contribution in [0.2, 0.25) is 0 Å².